The van der Waals surface area contributed by atoms with Crippen molar-refractivity contribution >= 4 is 23.8 Å². The molecule has 3 N–H and O–H groups in total. The number of carbonyl (C=O) groups is 4. The third-order valence-electron chi connectivity index (χ3n) is 2.74. The van der Waals surface area contributed by atoms with Gasteiger partial charge in [-0.1, -0.05) is 0 Å². The summed E-state index contributed by atoms with van der Waals surface area (Å²) < 4.78 is 0. The summed E-state index contributed by atoms with van der Waals surface area (Å²) in [6.07, 6.45) is -0.115. The van der Waals surface area contributed by atoms with Gasteiger partial charge in [-0.2, -0.15) is 0 Å². The van der Waals surface area contributed by atoms with Gasteiger partial charge in [0.1, 0.15) is 6.04 Å². The number of rotatable bonds is 4. The molecule has 2 atom stereocenters. The molecule has 8 heteroatoms. The number of carbonyl (C=O) groups excluding carboxylic acids is 2. The number of hydrogen-bond acceptors (Lipinski definition) is 4. The first-order valence-electron chi connectivity index (χ1n) is 5.32. The maximum Gasteiger partial charge on any atom is 0.326 e. The Labute approximate surface area is 103 Å². The minimum absolute atomic E-state index is 0.115. The van der Waals surface area contributed by atoms with E-state index in [-0.39, 0.29) is 19.5 Å². The average Bonchev–Trinajstić information content (AvgIpc) is 2.70. The first-order chi connectivity index (χ1) is 8.32. The summed E-state index contributed by atoms with van der Waals surface area (Å²) in [5, 5.41) is 20.0. The fourth-order valence-electron chi connectivity index (χ4n) is 1.83. The van der Waals surface area contributed by atoms with Crippen LogP contribution in [0.2, 0.25) is 0 Å². The molecule has 0 aliphatic carbocycles. The molecule has 18 heavy (non-hydrogen) atoms. The lowest BCUT2D eigenvalue weighted by atomic mass is 10.1. The Morgan fingerprint density at radius 3 is 2.28 bits per heavy atom. The highest BCUT2D eigenvalue weighted by Crippen LogP contribution is 2.23. The molecule has 0 saturated carbocycles. The fourth-order valence-corrected chi connectivity index (χ4v) is 1.83. The lowest BCUT2D eigenvalue weighted by molar-refractivity contribution is -0.148. The van der Waals surface area contributed by atoms with Crippen LogP contribution in [-0.2, 0) is 19.2 Å². The summed E-state index contributed by atoms with van der Waals surface area (Å²) in [5.41, 5.74) is 0. The maximum absolute atomic E-state index is 11.7. The second-order valence-electron chi connectivity index (χ2n) is 4.08. The van der Waals surface area contributed by atoms with Crippen molar-refractivity contribution in [2.24, 2.45) is 5.92 Å². The Morgan fingerprint density at radius 2 is 1.83 bits per heavy atom. The standard InChI is InChI=1S/C10H14N2O6/c1-5(13)11-3-8(14)12-4-6(9(15)16)2-7(12)10(17)18/h6-7H,2-4H2,1H3,(H,11,13)(H,15,16)(H,17,18)/t6-,7-/m1/s1. The summed E-state index contributed by atoms with van der Waals surface area (Å²) >= 11 is 0. The van der Waals surface area contributed by atoms with Crippen LogP contribution in [0.5, 0.6) is 0 Å². The predicted molar refractivity (Wildman–Crippen MR) is 57.6 cm³/mol. The minimum atomic E-state index is -1.24. The molecule has 1 aliphatic rings. The van der Waals surface area contributed by atoms with Crippen LogP contribution in [-0.4, -0.2) is 58.0 Å². The largest absolute Gasteiger partial charge is 0.481 e. The molecule has 0 unspecified atom stereocenters. The average molecular weight is 258 g/mol. The van der Waals surface area contributed by atoms with Crippen LogP contribution in [0, 0.1) is 5.92 Å². The molecular formula is C10H14N2O6. The Balaban J connectivity index is 2.72. The van der Waals surface area contributed by atoms with Crippen LogP contribution in [0.15, 0.2) is 0 Å². The molecule has 0 aromatic carbocycles. The van der Waals surface area contributed by atoms with E-state index in [1.807, 2.05) is 0 Å². The molecule has 1 heterocycles. The van der Waals surface area contributed by atoms with Crippen molar-refractivity contribution in [3.8, 4) is 0 Å². The summed E-state index contributed by atoms with van der Waals surface area (Å²) in [5.74, 6) is -4.26. The first kappa shape index (κ1) is 13.9. The van der Waals surface area contributed by atoms with E-state index in [4.69, 9.17) is 10.2 Å². The van der Waals surface area contributed by atoms with Gasteiger partial charge in [0.15, 0.2) is 0 Å². The Kier molecular flexibility index (Phi) is 4.24. The van der Waals surface area contributed by atoms with Gasteiger partial charge >= 0.3 is 11.9 Å². The third kappa shape index (κ3) is 3.19. The van der Waals surface area contributed by atoms with Gasteiger partial charge in [-0.05, 0) is 6.42 Å². The van der Waals surface area contributed by atoms with Crippen molar-refractivity contribution in [1.29, 1.82) is 0 Å². The number of carboxylic acid groups (broad SMARTS) is 2. The lowest BCUT2D eigenvalue weighted by Gasteiger charge is -2.21. The molecule has 0 radical (unpaired) electrons. The number of hydrogen-bond donors (Lipinski definition) is 3. The fraction of sp³-hybridized carbons (Fsp3) is 0.600. The molecule has 0 aromatic heterocycles. The molecule has 2 amide bonds. The van der Waals surface area contributed by atoms with Gasteiger partial charge in [0.25, 0.3) is 0 Å². The van der Waals surface area contributed by atoms with E-state index in [1.54, 1.807) is 0 Å². The van der Waals surface area contributed by atoms with Crippen molar-refractivity contribution in [2.75, 3.05) is 13.1 Å². The summed E-state index contributed by atoms with van der Waals surface area (Å²) in [4.78, 5) is 45.1. The van der Waals surface area contributed by atoms with E-state index in [2.05, 4.69) is 5.32 Å². The number of nitrogens with zero attached hydrogens (tertiary/aromatic N) is 1. The van der Waals surface area contributed by atoms with Crippen LogP contribution >= 0.6 is 0 Å². The van der Waals surface area contributed by atoms with Crippen LogP contribution < -0.4 is 5.32 Å². The van der Waals surface area contributed by atoms with Crippen molar-refractivity contribution < 1.29 is 29.4 Å². The van der Waals surface area contributed by atoms with Crippen molar-refractivity contribution in [1.82, 2.24) is 10.2 Å². The number of likely N-dealkylation sites (tertiary alicyclic amines) is 1. The number of amides is 2. The molecular weight excluding hydrogens is 244 g/mol. The van der Waals surface area contributed by atoms with E-state index in [0.717, 1.165) is 4.90 Å². The van der Waals surface area contributed by atoms with Gasteiger partial charge in [-0.3, -0.25) is 14.4 Å². The normalized spacial score (nSPS) is 22.6. The number of nitrogens with one attached hydrogen (secondary N) is 1. The van der Waals surface area contributed by atoms with E-state index in [0.29, 0.717) is 0 Å². The van der Waals surface area contributed by atoms with Gasteiger partial charge in [0, 0.05) is 13.5 Å². The quantitative estimate of drug-likeness (QED) is 0.564. The summed E-state index contributed by atoms with van der Waals surface area (Å²) in [6, 6.07) is -1.15. The zero-order valence-electron chi connectivity index (χ0n) is 9.75. The molecule has 100 valence electrons. The maximum atomic E-state index is 11.7. The van der Waals surface area contributed by atoms with Gasteiger partial charge in [0.2, 0.25) is 11.8 Å². The van der Waals surface area contributed by atoms with Gasteiger partial charge in [-0.15, -0.1) is 0 Å². The molecule has 1 aliphatic heterocycles. The molecule has 8 nitrogen and oxygen atoms in total. The molecule has 0 spiro atoms. The van der Waals surface area contributed by atoms with Gasteiger partial charge < -0.3 is 20.4 Å². The molecule has 1 rings (SSSR count). The van der Waals surface area contributed by atoms with E-state index >= 15 is 0 Å². The van der Waals surface area contributed by atoms with Crippen molar-refractivity contribution in [3.63, 3.8) is 0 Å². The Morgan fingerprint density at radius 1 is 1.22 bits per heavy atom. The molecule has 1 fully saturated rings. The Hall–Kier alpha value is -2.12. The topological polar surface area (TPSA) is 124 Å². The van der Waals surface area contributed by atoms with Crippen molar-refractivity contribution in [3.05, 3.63) is 0 Å². The van der Waals surface area contributed by atoms with Gasteiger partial charge in [0.05, 0.1) is 12.5 Å². The van der Waals surface area contributed by atoms with E-state index < -0.39 is 35.7 Å². The highest BCUT2D eigenvalue weighted by Gasteiger charge is 2.42. The van der Waals surface area contributed by atoms with Crippen LogP contribution in [0.3, 0.4) is 0 Å². The third-order valence-corrected chi connectivity index (χ3v) is 2.74. The van der Waals surface area contributed by atoms with Crippen molar-refractivity contribution in [2.45, 2.75) is 19.4 Å². The number of carboxylic acids is 2. The van der Waals surface area contributed by atoms with Crippen LogP contribution in [0.4, 0.5) is 0 Å². The van der Waals surface area contributed by atoms with E-state index in [9.17, 15) is 19.2 Å². The summed E-state index contributed by atoms with van der Waals surface area (Å²) in [7, 11) is 0. The highest BCUT2D eigenvalue weighted by molar-refractivity contribution is 5.89. The predicted octanol–water partition coefficient (Wildman–Crippen LogP) is -1.49. The smallest absolute Gasteiger partial charge is 0.326 e. The van der Waals surface area contributed by atoms with E-state index in [1.165, 1.54) is 6.92 Å². The Bertz CT molecular complexity index is 394. The molecule has 0 aromatic rings. The SMILES string of the molecule is CC(=O)NCC(=O)N1C[C@H](C(=O)O)C[C@@H]1C(=O)O. The first-order valence-corrected chi connectivity index (χ1v) is 5.32. The number of aliphatic carboxylic acids is 2. The van der Waals surface area contributed by atoms with Gasteiger partial charge in [-0.25, -0.2) is 4.79 Å². The van der Waals surface area contributed by atoms with Crippen LogP contribution in [0.25, 0.3) is 0 Å². The lowest BCUT2D eigenvalue weighted by Crippen LogP contribution is -2.45. The monoisotopic (exact) mass is 258 g/mol. The second-order valence-corrected chi connectivity index (χ2v) is 4.08. The molecule has 1 saturated heterocycles. The highest BCUT2D eigenvalue weighted by atomic mass is 16.4. The minimum Gasteiger partial charge on any atom is -0.481 e. The zero-order valence-corrected chi connectivity index (χ0v) is 9.75. The van der Waals surface area contributed by atoms with Crippen LogP contribution in [0.1, 0.15) is 13.3 Å². The zero-order chi connectivity index (χ0) is 13.9. The molecule has 0 bridgehead atoms. The summed E-state index contributed by atoms with van der Waals surface area (Å²) in [6.45, 7) is 0.752. The second kappa shape index (κ2) is 5.48.